The summed E-state index contributed by atoms with van der Waals surface area (Å²) in [6.07, 6.45) is 10.8. The molecule has 0 radical (unpaired) electrons. The molecule has 3 aromatic heterocycles. The van der Waals surface area contributed by atoms with Gasteiger partial charge in [0.15, 0.2) is 0 Å². The molecule has 0 saturated heterocycles. The molecule has 0 bridgehead atoms. The first-order chi connectivity index (χ1) is 19.3. The van der Waals surface area contributed by atoms with Crippen molar-refractivity contribution in [1.82, 2.24) is 29.4 Å². The molecule has 212 valence electrons. The zero-order valence-electron chi connectivity index (χ0n) is 23.5. The van der Waals surface area contributed by atoms with Crippen LogP contribution in [0.1, 0.15) is 69.3 Å². The lowest BCUT2D eigenvalue weighted by atomic mass is 9.66. The molecule has 3 aliphatic rings. The van der Waals surface area contributed by atoms with Crippen LogP contribution in [0, 0.1) is 11.8 Å². The van der Waals surface area contributed by atoms with Gasteiger partial charge in [0.2, 0.25) is 0 Å². The second-order valence-electron chi connectivity index (χ2n) is 13.1. The largest absolute Gasteiger partial charge is 0.390 e. The number of aliphatic hydroxyl groups excluding tert-OH is 2. The zero-order valence-corrected chi connectivity index (χ0v) is 23.5. The van der Waals surface area contributed by atoms with Gasteiger partial charge in [-0.05, 0) is 80.7 Å². The summed E-state index contributed by atoms with van der Waals surface area (Å²) in [4.78, 5) is 19.3. The first kappa shape index (κ1) is 25.9. The Morgan fingerprint density at radius 3 is 2.73 bits per heavy atom. The maximum Gasteiger partial charge on any atom is 0.145 e. The Morgan fingerprint density at radius 1 is 1.12 bits per heavy atom. The lowest BCUT2D eigenvalue weighted by Crippen LogP contribution is -2.46. The summed E-state index contributed by atoms with van der Waals surface area (Å²) in [5.74, 6) is 2.23. The van der Waals surface area contributed by atoms with Gasteiger partial charge in [0.1, 0.15) is 29.7 Å². The van der Waals surface area contributed by atoms with Crippen molar-refractivity contribution in [2.45, 2.75) is 88.0 Å². The summed E-state index contributed by atoms with van der Waals surface area (Å²) in [6, 6.07) is 8.96. The number of nitrogens with zero attached hydrogens (tertiary/aromatic N) is 5. The number of nitrogens with two attached hydrogens (primary N) is 1. The molecule has 1 unspecified atom stereocenters. The van der Waals surface area contributed by atoms with Crippen molar-refractivity contribution in [2.75, 3.05) is 19.3 Å². The smallest absolute Gasteiger partial charge is 0.145 e. The summed E-state index contributed by atoms with van der Waals surface area (Å²) in [5, 5.41) is 22.6. The molecule has 0 spiro atoms. The summed E-state index contributed by atoms with van der Waals surface area (Å²) in [7, 11) is 2.16. The molecule has 7 rings (SSSR count). The number of aromatic nitrogens is 5. The van der Waals surface area contributed by atoms with Crippen LogP contribution < -0.4 is 5.73 Å². The van der Waals surface area contributed by atoms with Crippen molar-refractivity contribution in [3.8, 4) is 0 Å². The third-order valence-electron chi connectivity index (χ3n) is 10.5. The summed E-state index contributed by atoms with van der Waals surface area (Å²) in [6.45, 7) is 3.15. The molecular weight excluding hydrogens is 502 g/mol. The predicted octanol–water partition coefficient (Wildman–Crippen LogP) is 3.96. The van der Waals surface area contributed by atoms with Gasteiger partial charge in [-0.2, -0.15) is 0 Å². The highest BCUT2D eigenvalue weighted by Crippen LogP contribution is 2.44. The van der Waals surface area contributed by atoms with E-state index in [0.717, 1.165) is 41.6 Å². The number of hydrogen-bond acceptors (Lipinski definition) is 7. The van der Waals surface area contributed by atoms with Crippen molar-refractivity contribution >= 4 is 27.9 Å². The van der Waals surface area contributed by atoms with Gasteiger partial charge in [-0.1, -0.05) is 19.4 Å². The molecule has 9 nitrogen and oxygen atoms in total. The molecule has 4 atom stereocenters. The van der Waals surface area contributed by atoms with Crippen molar-refractivity contribution in [1.29, 1.82) is 0 Å². The highest BCUT2D eigenvalue weighted by molar-refractivity contribution is 5.86. The molecular formula is C31H41N7O2. The summed E-state index contributed by atoms with van der Waals surface area (Å²) >= 11 is 0. The van der Waals surface area contributed by atoms with Crippen molar-refractivity contribution in [3.05, 3.63) is 48.2 Å². The Bertz CT molecular complexity index is 1520. The topological polar surface area (TPSA) is 129 Å². The van der Waals surface area contributed by atoms with Crippen LogP contribution in [0.25, 0.3) is 22.1 Å². The summed E-state index contributed by atoms with van der Waals surface area (Å²) in [5.41, 5.74) is 10.7. The molecule has 5 N–H and O–H groups in total. The number of nitrogen functional groups attached to an aromatic ring is 1. The monoisotopic (exact) mass is 543 g/mol. The van der Waals surface area contributed by atoms with Gasteiger partial charge < -0.3 is 30.4 Å². The molecule has 3 heterocycles. The van der Waals surface area contributed by atoms with Gasteiger partial charge in [0.05, 0.1) is 28.6 Å². The number of aromatic amines is 1. The average molecular weight is 544 g/mol. The highest BCUT2D eigenvalue weighted by atomic mass is 16.3. The fourth-order valence-electron chi connectivity index (χ4n) is 7.52. The van der Waals surface area contributed by atoms with Crippen molar-refractivity contribution in [3.63, 3.8) is 0 Å². The minimum atomic E-state index is -0.837. The highest BCUT2D eigenvalue weighted by Gasteiger charge is 2.44. The molecule has 9 heteroatoms. The Balaban J connectivity index is 0.917. The van der Waals surface area contributed by atoms with E-state index in [1.807, 2.05) is 16.8 Å². The molecule has 3 aliphatic carbocycles. The number of hydrogen-bond donors (Lipinski definition) is 4. The minimum Gasteiger partial charge on any atom is -0.390 e. The van der Waals surface area contributed by atoms with Crippen LogP contribution in [0.5, 0.6) is 0 Å². The number of aliphatic hydroxyl groups is 2. The fraction of sp³-hybridized carbons (Fsp3) is 0.581. The molecule has 0 aliphatic heterocycles. The van der Waals surface area contributed by atoms with E-state index in [2.05, 4.69) is 52.0 Å². The Hall–Kier alpha value is -3.01. The second-order valence-corrected chi connectivity index (χ2v) is 13.1. The van der Waals surface area contributed by atoms with E-state index in [0.29, 0.717) is 35.3 Å². The Kier molecular flexibility index (Phi) is 6.36. The van der Waals surface area contributed by atoms with Crippen LogP contribution in [0.3, 0.4) is 0 Å². The standard InChI is InChI=1S/C31H41N7O2/c1-31(9-3-10-31)20-5-6-23-24(15-20)36-26(35-23)7-4-18-12-21(13-18)37(2)16-19-14-25(28(40)27(19)39)38-11-8-22-29(32)33-17-34-30(22)38/h5-6,8,11,15,17-19,21,25,27-28,39-40H,3-4,7,9-10,12-14,16H2,1-2H3,(H,35,36)(H2,32,33,34)/t18?,19-,21?,25-,27+,28?/m1/s1. The lowest BCUT2D eigenvalue weighted by molar-refractivity contribution is -0.00658. The van der Waals surface area contributed by atoms with Gasteiger partial charge in [-0.25, -0.2) is 15.0 Å². The second kappa shape index (κ2) is 9.82. The van der Waals surface area contributed by atoms with E-state index in [9.17, 15) is 10.2 Å². The van der Waals surface area contributed by atoms with E-state index >= 15 is 0 Å². The lowest BCUT2D eigenvalue weighted by Gasteiger charge is -2.42. The van der Waals surface area contributed by atoms with Crippen LogP contribution in [-0.4, -0.2) is 71.5 Å². The number of H-pyrrole nitrogens is 1. The number of benzene rings is 1. The number of imidazole rings is 1. The molecule has 4 aromatic rings. The van der Waals surface area contributed by atoms with E-state index in [4.69, 9.17) is 10.7 Å². The van der Waals surface area contributed by atoms with Gasteiger partial charge in [0.25, 0.3) is 0 Å². The third-order valence-corrected chi connectivity index (χ3v) is 10.5. The summed E-state index contributed by atoms with van der Waals surface area (Å²) < 4.78 is 1.95. The number of rotatable bonds is 8. The number of nitrogens with one attached hydrogen (secondary N) is 1. The number of fused-ring (bicyclic) bond motifs is 2. The number of anilines is 1. The average Bonchev–Trinajstić information content (AvgIpc) is 3.58. The predicted molar refractivity (Wildman–Crippen MR) is 156 cm³/mol. The van der Waals surface area contributed by atoms with E-state index < -0.39 is 12.2 Å². The first-order valence-electron chi connectivity index (χ1n) is 14.9. The quantitative estimate of drug-likeness (QED) is 0.265. The van der Waals surface area contributed by atoms with Gasteiger partial charge in [-0.3, -0.25) is 0 Å². The van der Waals surface area contributed by atoms with Crippen LogP contribution in [0.4, 0.5) is 5.82 Å². The zero-order chi connectivity index (χ0) is 27.6. The third kappa shape index (κ3) is 4.39. The van der Waals surface area contributed by atoms with Crippen molar-refractivity contribution in [2.24, 2.45) is 11.8 Å². The minimum absolute atomic E-state index is 0.00307. The van der Waals surface area contributed by atoms with Crippen LogP contribution in [-0.2, 0) is 11.8 Å². The number of aryl methyl sites for hydroxylation is 1. The van der Waals surface area contributed by atoms with Gasteiger partial charge >= 0.3 is 0 Å². The van der Waals surface area contributed by atoms with Crippen molar-refractivity contribution < 1.29 is 10.2 Å². The SMILES string of the molecule is CN(C[C@H]1C[C@@H](n2ccc3c(N)ncnc32)C(O)[C@H]1O)C1CC(CCc2nc3cc(C4(C)CCC4)ccc3[nH]2)C1. The van der Waals surface area contributed by atoms with Crippen LogP contribution in [0.15, 0.2) is 36.8 Å². The van der Waals surface area contributed by atoms with Gasteiger partial charge in [0, 0.05) is 31.1 Å². The molecule has 3 saturated carbocycles. The molecule has 40 heavy (non-hydrogen) atoms. The molecule has 0 amide bonds. The Labute approximate surface area is 234 Å². The van der Waals surface area contributed by atoms with Gasteiger partial charge in [-0.15, -0.1) is 0 Å². The fourth-order valence-corrected chi connectivity index (χ4v) is 7.52. The first-order valence-corrected chi connectivity index (χ1v) is 14.9. The normalized spacial score (nSPS) is 29.7. The van der Waals surface area contributed by atoms with Crippen LogP contribution >= 0.6 is 0 Å². The van der Waals surface area contributed by atoms with E-state index in [1.54, 1.807) is 0 Å². The van der Waals surface area contributed by atoms with Crippen LogP contribution in [0.2, 0.25) is 0 Å². The van der Waals surface area contributed by atoms with E-state index in [1.165, 1.54) is 44.0 Å². The van der Waals surface area contributed by atoms with E-state index in [-0.39, 0.29) is 12.0 Å². The molecule has 3 fully saturated rings. The Morgan fingerprint density at radius 2 is 1.95 bits per heavy atom. The molecule has 1 aromatic carbocycles. The maximum absolute atomic E-state index is 10.9. The maximum atomic E-state index is 10.9.